The van der Waals surface area contributed by atoms with Gasteiger partial charge >= 0.3 is 6.09 Å². The highest BCUT2D eigenvalue weighted by molar-refractivity contribution is 5.85. The van der Waals surface area contributed by atoms with Crippen LogP contribution in [0.5, 0.6) is 0 Å². The Hall–Kier alpha value is -2.08. The Kier molecular flexibility index (Phi) is 5.26. The molecular weight excluding hydrogens is 296 g/mol. The molecule has 0 aromatic heterocycles. The summed E-state index contributed by atoms with van der Waals surface area (Å²) in [7, 11) is 0. The second-order valence-electron chi connectivity index (χ2n) is 6.71. The molecule has 2 N–H and O–H groups in total. The smallest absolute Gasteiger partial charge is 0.411 e. The lowest BCUT2D eigenvalue weighted by Crippen LogP contribution is -2.45. The van der Waals surface area contributed by atoms with Crippen molar-refractivity contribution in [2.24, 2.45) is 5.73 Å². The molecule has 0 aliphatic carbocycles. The lowest BCUT2D eigenvalue weighted by Gasteiger charge is -2.27. The number of carbonyl (C=O) groups is 2. The Morgan fingerprint density at radius 1 is 1.26 bits per heavy atom. The number of rotatable bonds is 4. The van der Waals surface area contributed by atoms with E-state index in [2.05, 4.69) is 0 Å². The molecule has 6 heteroatoms. The first kappa shape index (κ1) is 17.3. The molecule has 0 radical (unpaired) electrons. The van der Waals surface area contributed by atoms with Crippen molar-refractivity contribution in [2.45, 2.75) is 51.5 Å². The van der Waals surface area contributed by atoms with Crippen molar-refractivity contribution in [1.82, 2.24) is 4.90 Å². The van der Waals surface area contributed by atoms with Crippen LogP contribution < -0.4 is 5.73 Å². The lowest BCUT2D eigenvalue weighted by atomic mass is 10.2. The number of nitrogens with zero attached hydrogens (tertiary/aromatic N) is 1. The average Bonchev–Trinajstić information content (AvgIpc) is 2.89. The molecule has 1 aliphatic rings. The molecule has 1 aromatic rings. The van der Waals surface area contributed by atoms with Crippen LogP contribution in [0.1, 0.15) is 32.8 Å². The predicted octanol–water partition coefficient (Wildman–Crippen LogP) is 2.07. The van der Waals surface area contributed by atoms with E-state index in [1.165, 1.54) is 4.90 Å². The van der Waals surface area contributed by atoms with Gasteiger partial charge in [-0.2, -0.15) is 0 Å². The van der Waals surface area contributed by atoms with Crippen LogP contribution in [0.25, 0.3) is 0 Å². The van der Waals surface area contributed by atoms with Crippen LogP contribution in [0.2, 0.25) is 0 Å². The number of primary amides is 1. The molecular formula is C17H24N2O4. The normalized spacial score (nSPS) is 21.3. The summed E-state index contributed by atoms with van der Waals surface area (Å²) in [6.45, 7) is 6.07. The molecule has 126 valence electrons. The third-order valence-corrected chi connectivity index (χ3v) is 3.55. The van der Waals surface area contributed by atoms with E-state index in [1.54, 1.807) is 20.8 Å². The molecule has 2 rings (SSSR count). The fourth-order valence-electron chi connectivity index (χ4n) is 2.50. The van der Waals surface area contributed by atoms with Gasteiger partial charge in [0, 0.05) is 6.42 Å². The Balaban J connectivity index is 1.97. The van der Waals surface area contributed by atoms with Gasteiger partial charge < -0.3 is 15.2 Å². The summed E-state index contributed by atoms with van der Waals surface area (Å²) in [5.41, 5.74) is 5.83. The van der Waals surface area contributed by atoms with Crippen molar-refractivity contribution >= 4 is 12.0 Å². The third kappa shape index (κ3) is 4.96. The molecule has 1 aliphatic heterocycles. The summed E-state index contributed by atoms with van der Waals surface area (Å²) in [5, 5.41) is 0. The number of ether oxygens (including phenoxy) is 2. The van der Waals surface area contributed by atoms with E-state index in [4.69, 9.17) is 15.2 Å². The Morgan fingerprint density at radius 2 is 1.91 bits per heavy atom. The quantitative estimate of drug-likeness (QED) is 0.920. The van der Waals surface area contributed by atoms with Crippen LogP contribution in [-0.2, 0) is 20.9 Å². The largest absolute Gasteiger partial charge is 0.444 e. The van der Waals surface area contributed by atoms with E-state index < -0.39 is 23.6 Å². The molecule has 0 bridgehead atoms. The molecule has 23 heavy (non-hydrogen) atoms. The van der Waals surface area contributed by atoms with Crippen molar-refractivity contribution in [2.75, 3.05) is 6.54 Å². The van der Waals surface area contributed by atoms with Gasteiger partial charge in [0.1, 0.15) is 11.6 Å². The standard InChI is InChI=1S/C17H24N2O4/c1-17(2,3)23-16(21)19-10-13(9-14(19)15(18)20)22-11-12-7-5-4-6-8-12/h4-8,13-14H,9-11H2,1-3H3,(H2,18,20)/t13-,14-/m0/s1. The average molecular weight is 320 g/mol. The van der Waals surface area contributed by atoms with Gasteiger partial charge in [0.05, 0.1) is 19.3 Å². The number of carbonyl (C=O) groups excluding carboxylic acids is 2. The van der Waals surface area contributed by atoms with Gasteiger partial charge in [0.15, 0.2) is 0 Å². The van der Waals surface area contributed by atoms with Gasteiger partial charge in [-0.15, -0.1) is 0 Å². The number of benzene rings is 1. The summed E-state index contributed by atoms with van der Waals surface area (Å²) in [6.07, 6.45) is -0.381. The maximum Gasteiger partial charge on any atom is 0.411 e. The van der Waals surface area contributed by atoms with Crippen LogP contribution in [-0.4, -0.2) is 41.2 Å². The van der Waals surface area contributed by atoms with Crippen molar-refractivity contribution in [3.63, 3.8) is 0 Å². The summed E-state index contributed by atoms with van der Waals surface area (Å²) < 4.78 is 11.2. The second kappa shape index (κ2) is 7.00. The molecule has 2 amide bonds. The van der Waals surface area contributed by atoms with Crippen LogP contribution in [0, 0.1) is 0 Å². The zero-order valence-electron chi connectivity index (χ0n) is 13.8. The zero-order chi connectivity index (χ0) is 17.0. The van der Waals surface area contributed by atoms with Crippen molar-refractivity contribution in [3.8, 4) is 0 Å². The van der Waals surface area contributed by atoms with Crippen LogP contribution in [0.3, 0.4) is 0 Å². The van der Waals surface area contributed by atoms with Gasteiger partial charge in [-0.05, 0) is 26.3 Å². The van der Waals surface area contributed by atoms with Crippen LogP contribution in [0.4, 0.5) is 4.79 Å². The highest BCUT2D eigenvalue weighted by Crippen LogP contribution is 2.24. The number of likely N-dealkylation sites (tertiary alicyclic amines) is 1. The SMILES string of the molecule is CC(C)(C)OC(=O)N1C[C@@H](OCc2ccccc2)C[C@H]1C(N)=O. The predicted molar refractivity (Wildman–Crippen MR) is 85.6 cm³/mol. The maximum atomic E-state index is 12.2. The molecule has 1 aromatic carbocycles. The first-order valence-corrected chi connectivity index (χ1v) is 7.71. The van der Waals surface area contributed by atoms with Gasteiger partial charge in [-0.25, -0.2) is 4.79 Å². The fraction of sp³-hybridized carbons (Fsp3) is 0.529. The topological polar surface area (TPSA) is 81.9 Å². The summed E-state index contributed by atoms with van der Waals surface area (Å²) in [6, 6.07) is 9.05. The highest BCUT2D eigenvalue weighted by atomic mass is 16.6. The number of hydrogen-bond acceptors (Lipinski definition) is 4. The minimum Gasteiger partial charge on any atom is -0.444 e. The molecule has 2 atom stereocenters. The monoisotopic (exact) mass is 320 g/mol. The second-order valence-corrected chi connectivity index (χ2v) is 6.71. The van der Waals surface area contributed by atoms with Crippen molar-refractivity contribution < 1.29 is 19.1 Å². The van der Waals surface area contributed by atoms with Gasteiger partial charge in [-0.3, -0.25) is 9.69 Å². The van der Waals surface area contributed by atoms with Crippen LogP contribution in [0.15, 0.2) is 30.3 Å². The lowest BCUT2D eigenvalue weighted by molar-refractivity contribution is -0.122. The fourth-order valence-corrected chi connectivity index (χ4v) is 2.50. The highest BCUT2D eigenvalue weighted by Gasteiger charge is 2.41. The number of nitrogens with two attached hydrogens (primary N) is 1. The Labute approximate surface area is 136 Å². The van der Waals surface area contributed by atoms with Crippen molar-refractivity contribution in [1.29, 1.82) is 0 Å². The van der Waals surface area contributed by atoms with Crippen molar-refractivity contribution in [3.05, 3.63) is 35.9 Å². The molecule has 1 saturated heterocycles. The Morgan fingerprint density at radius 3 is 2.48 bits per heavy atom. The first-order chi connectivity index (χ1) is 10.8. The van der Waals surface area contributed by atoms with E-state index in [0.717, 1.165) is 5.56 Å². The van der Waals surface area contributed by atoms with E-state index in [-0.39, 0.29) is 6.10 Å². The minimum atomic E-state index is -0.689. The van der Waals surface area contributed by atoms with Gasteiger partial charge in [0.2, 0.25) is 5.91 Å². The molecule has 0 saturated carbocycles. The summed E-state index contributed by atoms with van der Waals surface area (Å²) in [5.74, 6) is -0.540. The summed E-state index contributed by atoms with van der Waals surface area (Å²) >= 11 is 0. The maximum absolute atomic E-state index is 12.2. The zero-order valence-corrected chi connectivity index (χ0v) is 13.8. The van der Waals surface area contributed by atoms with Gasteiger partial charge in [-0.1, -0.05) is 30.3 Å². The Bertz CT molecular complexity index is 553. The van der Waals surface area contributed by atoms with E-state index in [0.29, 0.717) is 19.6 Å². The molecule has 0 unspecified atom stereocenters. The molecule has 6 nitrogen and oxygen atoms in total. The van der Waals surface area contributed by atoms with E-state index in [1.807, 2.05) is 30.3 Å². The molecule has 1 fully saturated rings. The molecule has 0 spiro atoms. The third-order valence-electron chi connectivity index (χ3n) is 3.55. The van der Waals surface area contributed by atoms with E-state index in [9.17, 15) is 9.59 Å². The first-order valence-electron chi connectivity index (χ1n) is 7.71. The minimum absolute atomic E-state index is 0.236. The molecule has 1 heterocycles. The summed E-state index contributed by atoms with van der Waals surface area (Å²) in [4.78, 5) is 25.2. The number of amides is 2. The number of hydrogen-bond donors (Lipinski definition) is 1. The van der Waals surface area contributed by atoms with E-state index >= 15 is 0 Å². The van der Waals surface area contributed by atoms with Gasteiger partial charge in [0.25, 0.3) is 0 Å². The van der Waals surface area contributed by atoms with Crippen LogP contribution >= 0.6 is 0 Å².